The van der Waals surface area contributed by atoms with Crippen molar-refractivity contribution in [3.05, 3.63) is 35.9 Å². The van der Waals surface area contributed by atoms with Crippen LogP contribution >= 0.6 is 0 Å². The topological polar surface area (TPSA) is 72.8 Å². The van der Waals surface area contributed by atoms with E-state index in [-0.39, 0.29) is 31.6 Å². The Balaban J connectivity index is 2.35. The standard InChI is InChI=1S/C15H24N2O3/c1-13(14-5-3-2-4-6-14)11-16-15(20)12-17(7-9-18)8-10-19/h2-6,13,18-19H,7-12H2,1H3,(H,16,20). The SMILES string of the molecule is CC(CNC(=O)CN(CCO)CCO)c1ccccc1. The second-order valence-electron chi connectivity index (χ2n) is 4.84. The van der Waals surface area contributed by atoms with Crippen LogP contribution in [-0.2, 0) is 4.79 Å². The number of nitrogens with one attached hydrogen (secondary N) is 1. The van der Waals surface area contributed by atoms with Crippen molar-refractivity contribution in [1.29, 1.82) is 0 Å². The summed E-state index contributed by atoms with van der Waals surface area (Å²) in [6.45, 7) is 3.58. The Morgan fingerprint density at radius 1 is 1.20 bits per heavy atom. The fourth-order valence-electron chi connectivity index (χ4n) is 1.98. The molecule has 0 spiro atoms. The van der Waals surface area contributed by atoms with Crippen molar-refractivity contribution < 1.29 is 15.0 Å². The maximum absolute atomic E-state index is 11.8. The summed E-state index contributed by atoms with van der Waals surface area (Å²) in [5, 5.41) is 20.7. The fourth-order valence-corrected chi connectivity index (χ4v) is 1.98. The summed E-state index contributed by atoms with van der Waals surface area (Å²) in [7, 11) is 0. The van der Waals surface area contributed by atoms with Crippen LogP contribution < -0.4 is 5.32 Å². The van der Waals surface area contributed by atoms with Gasteiger partial charge in [-0.25, -0.2) is 0 Å². The molecule has 0 aliphatic rings. The van der Waals surface area contributed by atoms with Crippen LogP contribution in [-0.4, -0.2) is 60.4 Å². The minimum atomic E-state index is -0.0883. The largest absolute Gasteiger partial charge is 0.395 e. The molecule has 0 saturated heterocycles. The third kappa shape index (κ3) is 6.14. The Hall–Kier alpha value is -1.43. The van der Waals surface area contributed by atoms with Gasteiger partial charge in [-0.2, -0.15) is 0 Å². The Bertz CT molecular complexity index is 378. The monoisotopic (exact) mass is 280 g/mol. The highest BCUT2D eigenvalue weighted by Crippen LogP contribution is 2.12. The third-order valence-corrected chi connectivity index (χ3v) is 3.17. The van der Waals surface area contributed by atoms with Crippen molar-refractivity contribution in [2.24, 2.45) is 0 Å². The zero-order valence-electron chi connectivity index (χ0n) is 12.0. The molecular weight excluding hydrogens is 256 g/mol. The molecule has 0 aliphatic heterocycles. The first-order valence-corrected chi connectivity index (χ1v) is 6.93. The molecule has 5 nitrogen and oxygen atoms in total. The molecule has 1 amide bonds. The predicted octanol–water partition coefficient (Wildman–Crippen LogP) is 0.193. The van der Waals surface area contributed by atoms with E-state index in [1.165, 1.54) is 5.56 Å². The smallest absolute Gasteiger partial charge is 0.234 e. The third-order valence-electron chi connectivity index (χ3n) is 3.17. The molecule has 1 rings (SSSR count). The number of benzene rings is 1. The first-order valence-electron chi connectivity index (χ1n) is 6.93. The molecule has 1 unspecified atom stereocenters. The summed E-state index contributed by atoms with van der Waals surface area (Å²) in [5.41, 5.74) is 1.19. The lowest BCUT2D eigenvalue weighted by Crippen LogP contribution is -2.40. The van der Waals surface area contributed by atoms with Gasteiger partial charge in [0.1, 0.15) is 0 Å². The fraction of sp³-hybridized carbons (Fsp3) is 0.533. The van der Waals surface area contributed by atoms with Crippen LogP contribution in [0.1, 0.15) is 18.4 Å². The van der Waals surface area contributed by atoms with Crippen molar-refractivity contribution in [3.8, 4) is 0 Å². The number of aliphatic hydroxyl groups excluding tert-OH is 2. The summed E-state index contributed by atoms with van der Waals surface area (Å²) < 4.78 is 0. The van der Waals surface area contributed by atoms with Gasteiger partial charge in [0.15, 0.2) is 0 Å². The summed E-state index contributed by atoms with van der Waals surface area (Å²) in [6, 6.07) is 10.0. The van der Waals surface area contributed by atoms with Crippen LogP contribution in [0.5, 0.6) is 0 Å². The molecule has 1 aromatic carbocycles. The lowest BCUT2D eigenvalue weighted by atomic mass is 10.0. The van der Waals surface area contributed by atoms with Crippen molar-refractivity contribution in [2.45, 2.75) is 12.8 Å². The van der Waals surface area contributed by atoms with E-state index in [1.54, 1.807) is 4.90 Å². The minimum Gasteiger partial charge on any atom is -0.395 e. The molecule has 0 aromatic heterocycles. The molecule has 0 saturated carbocycles. The van der Waals surface area contributed by atoms with Crippen LogP contribution in [0.25, 0.3) is 0 Å². The molecule has 1 atom stereocenters. The number of carbonyl (C=O) groups is 1. The van der Waals surface area contributed by atoms with E-state index in [0.717, 1.165) is 0 Å². The number of aliphatic hydroxyl groups is 2. The van der Waals surface area contributed by atoms with Crippen LogP contribution in [0.15, 0.2) is 30.3 Å². The van der Waals surface area contributed by atoms with Gasteiger partial charge in [-0.05, 0) is 11.5 Å². The molecule has 0 aliphatic carbocycles. The van der Waals surface area contributed by atoms with E-state index >= 15 is 0 Å². The maximum Gasteiger partial charge on any atom is 0.234 e. The van der Waals surface area contributed by atoms with Crippen molar-refractivity contribution in [1.82, 2.24) is 10.2 Å². The zero-order valence-corrected chi connectivity index (χ0v) is 12.0. The van der Waals surface area contributed by atoms with Gasteiger partial charge in [0, 0.05) is 19.6 Å². The average Bonchev–Trinajstić information content (AvgIpc) is 2.46. The van der Waals surface area contributed by atoms with E-state index in [4.69, 9.17) is 10.2 Å². The van der Waals surface area contributed by atoms with Gasteiger partial charge in [0.25, 0.3) is 0 Å². The van der Waals surface area contributed by atoms with Gasteiger partial charge in [0.2, 0.25) is 5.91 Å². The van der Waals surface area contributed by atoms with E-state index < -0.39 is 0 Å². The number of hydrogen-bond donors (Lipinski definition) is 3. The van der Waals surface area contributed by atoms with E-state index in [1.807, 2.05) is 30.3 Å². The van der Waals surface area contributed by atoms with Gasteiger partial charge >= 0.3 is 0 Å². The zero-order chi connectivity index (χ0) is 14.8. The number of carbonyl (C=O) groups excluding carboxylic acids is 1. The van der Waals surface area contributed by atoms with Gasteiger partial charge in [-0.1, -0.05) is 37.3 Å². The van der Waals surface area contributed by atoms with Crippen LogP contribution in [0.3, 0.4) is 0 Å². The lowest BCUT2D eigenvalue weighted by Gasteiger charge is -2.20. The highest BCUT2D eigenvalue weighted by molar-refractivity contribution is 5.78. The molecule has 0 heterocycles. The van der Waals surface area contributed by atoms with Gasteiger partial charge < -0.3 is 15.5 Å². The molecule has 0 bridgehead atoms. The van der Waals surface area contributed by atoms with Gasteiger partial charge in [0.05, 0.1) is 19.8 Å². The van der Waals surface area contributed by atoms with E-state index in [0.29, 0.717) is 19.6 Å². The van der Waals surface area contributed by atoms with Gasteiger partial charge in [-0.15, -0.1) is 0 Å². The molecule has 0 fully saturated rings. The second-order valence-corrected chi connectivity index (χ2v) is 4.84. The molecule has 5 heteroatoms. The number of rotatable bonds is 9. The predicted molar refractivity (Wildman–Crippen MR) is 78.5 cm³/mol. The second kappa shape index (κ2) is 9.47. The molecule has 112 valence electrons. The average molecular weight is 280 g/mol. The molecule has 1 aromatic rings. The van der Waals surface area contributed by atoms with Crippen molar-refractivity contribution in [3.63, 3.8) is 0 Å². The van der Waals surface area contributed by atoms with Crippen LogP contribution in [0.2, 0.25) is 0 Å². The first kappa shape index (κ1) is 16.6. The Morgan fingerprint density at radius 3 is 2.35 bits per heavy atom. The molecule has 3 N–H and O–H groups in total. The Morgan fingerprint density at radius 2 is 1.80 bits per heavy atom. The Labute approximate surface area is 120 Å². The summed E-state index contributed by atoms with van der Waals surface area (Å²) >= 11 is 0. The summed E-state index contributed by atoms with van der Waals surface area (Å²) in [6.07, 6.45) is 0. The lowest BCUT2D eigenvalue weighted by molar-refractivity contribution is -0.122. The maximum atomic E-state index is 11.8. The number of hydrogen-bond acceptors (Lipinski definition) is 4. The van der Waals surface area contributed by atoms with Gasteiger partial charge in [-0.3, -0.25) is 9.69 Å². The highest BCUT2D eigenvalue weighted by atomic mass is 16.3. The molecular formula is C15H24N2O3. The number of nitrogens with zero attached hydrogens (tertiary/aromatic N) is 1. The normalized spacial score (nSPS) is 12.4. The molecule has 0 radical (unpaired) electrons. The summed E-state index contributed by atoms with van der Waals surface area (Å²) in [5.74, 6) is 0.166. The van der Waals surface area contributed by atoms with Crippen LogP contribution in [0.4, 0.5) is 0 Å². The number of amides is 1. The van der Waals surface area contributed by atoms with Crippen molar-refractivity contribution in [2.75, 3.05) is 39.4 Å². The quantitative estimate of drug-likeness (QED) is 0.604. The highest BCUT2D eigenvalue weighted by Gasteiger charge is 2.11. The Kier molecular flexibility index (Phi) is 7.87. The minimum absolute atomic E-state index is 0.0201. The summed E-state index contributed by atoms with van der Waals surface area (Å²) in [4.78, 5) is 13.5. The molecule has 20 heavy (non-hydrogen) atoms. The first-order chi connectivity index (χ1) is 9.67. The van der Waals surface area contributed by atoms with E-state index in [2.05, 4.69) is 12.2 Å². The van der Waals surface area contributed by atoms with Crippen molar-refractivity contribution >= 4 is 5.91 Å². The van der Waals surface area contributed by atoms with E-state index in [9.17, 15) is 4.79 Å². The van der Waals surface area contributed by atoms with Crippen LogP contribution in [0, 0.1) is 0 Å².